The second-order valence-corrected chi connectivity index (χ2v) is 4.90. The van der Waals surface area contributed by atoms with Crippen LogP contribution in [0.15, 0.2) is 28.7 Å². The fraction of sp³-hybridized carbons (Fsp3) is 0.400. The van der Waals surface area contributed by atoms with E-state index in [0.29, 0.717) is 23.9 Å². The Balaban J connectivity index is 2.07. The van der Waals surface area contributed by atoms with Crippen molar-refractivity contribution < 1.29 is 14.3 Å². The van der Waals surface area contributed by atoms with E-state index < -0.39 is 6.10 Å². The van der Waals surface area contributed by atoms with E-state index in [1.54, 1.807) is 6.07 Å². The summed E-state index contributed by atoms with van der Waals surface area (Å²) in [7, 11) is 0. The van der Waals surface area contributed by atoms with Gasteiger partial charge in [-0.05, 0) is 12.1 Å². The number of nitriles is 1. The number of ether oxygens (including phenoxy) is 1. The number of rotatable bonds is 6. The molecule has 2 N–H and O–H groups in total. The standard InChI is InChI=1S/C15H18N2O3/c1-10(2)17-8-11(18)9-19-15-12-5-3-4-6-13(12)20-14(15)7-16/h3-6,10-11,17-18H,8-9H2,1-2H3. The summed E-state index contributed by atoms with van der Waals surface area (Å²) < 4.78 is 11.0. The molecule has 1 atom stereocenters. The largest absolute Gasteiger partial charge is 0.485 e. The van der Waals surface area contributed by atoms with E-state index in [1.807, 2.05) is 38.1 Å². The first-order valence-corrected chi connectivity index (χ1v) is 6.57. The van der Waals surface area contributed by atoms with Crippen LogP contribution in [0.4, 0.5) is 0 Å². The van der Waals surface area contributed by atoms with Gasteiger partial charge in [0.25, 0.3) is 0 Å². The van der Waals surface area contributed by atoms with Crippen LogP contribution in [-0.4, -0.2) is 30.4 Å². The van der Waals surface area contributed by atoms with Crippen LogP contribution in [-0.2, 0) is 0 Å². The zero-order valence-corrected chi connectivity index (χ0v) is 11.6. The summed E-state index contributed by atoms with van der Waals surface area (Å²) in [5.41, 5.74) is 0.605. The highest BCUT2D eigenvalue weighted by molar-refractivity contribution is 5.86. The van der Waals surface area contributed by atoms with E-state index >= 15 is 0 Å². The van der Waals surface area contributed by atoms with Crippen molar-refractivity contribution >= 4 is 11.0 Å². The first-order chi connectivity index (χ1) is 9.61. The van der Waals surface area contributed by atoms with E-state index in [1.165, 1.54) is 0 Å². The molecule has 0 aliphatic rings. The number of nitrogens with zero attached hydrogens (tertiary/aromatic N) is 1. The van der Waals surface area contributed by atoms with Crippen LogP contribution in [0.25, 0.3) is 11.0 Å². The number of benzene rings is 1. The van der Waals surface area contributed by atoms with Crippen molar-refractivity contribution in [3.05, 3.63) is 30.0 Å². The Bertz CT molecular complexity index is 613. The van der Waals surface area contributed by atoms with Crippen molar-refractivity contribution in [2.75, 3.05) is 13.2 Å². The highest BCUT2D eigenvalue weighted by Gasteiger charge is 2.16. The average molecular weight is 274 g/mol. The number of aliphatic hydroxyl groups is 1. The molecule has 1 unspecified atom stereocenters. The Labute approximate surface area is 117 Å². The molecule has 0 saturated carbocycles. The quantitative estimate of drug-likeness (QED) is 0.842. The number of furan rings is 1. The maximum Gasteiger partial charge on any atom is 0.246 e. The molecule has 0 aliphatic heterocycles. The van der Waals surface area contributed by atoms with Crippen LogP contribution in [0, 0.1) is 11.3 Å². The van der Waals surface area contributed by atoms with Crippen LogP contribution in [0.1, 0.15) is 19.6 Å². The molecule has 1 aromatic carbocycles. The van der Waals surface area contributed by atoms with Gasteiger partial charge in [0, 0.05) is 12.6 Å². The molecule has 2 aromatic rings. The third-order valence-electron chi connectivity index (χ3n) is 2.83. The van der Waals surface area contributed by atoms with Crippen LogP contribution < -0.4 is 10.1 Å². The zero-order valence-electron chi connectivity index (χ0n) is 11.6. The number of aliphatic hydroxyl groups excluding tert-OH is 1. The van der Waals surface area contributed by atoms with Gasteiger partial charge in [0.05, 0.1) is 5.39 Å². The first kappa shape index (κ1) is 14.4. The molecule has 2 rings (SSSR count). The second kappa shape index (κ2) is 6.42. The maximum atomic E-state index is 9.83. The predicted octanol–water partition coefficient (Wildman–Crippen LogP) is 2.04. The fourth-order valence-corrected chi connectivity index (χ4v) is 1.85. The summed E-state index contributed by atoms with van der Waals surface area (Å²) in [6.45, 7) is 4.56. The maximum absolute atomic E-state index is 9.83. The Morgan fingerprint density at radius 2 is 2.15 bits per heavy atom. The van der Waals surface area contributed by atoms with Gasteiger partial charge < -0.3 is 19.6 Å². The molecular weight excluding hydrogens is 256 g/mol. The van der Waals surface area contributed by atoms with Crippen molar-refractivity contribution in [3.63, 3.8) is 0 Å². The summed E-state index contributed by atoms with van der Waals surface area (Å²) in [5, 5.41) is 22.8. The van der Waals surface area contributed by atoms with Gasteiger partial charge in [-0.15, -0.1) is 0 Å². The first-order valence-electron chi connectivity index (χ1n) is 6.57. The molecule has 1 aromatic heterocycles. The summed E-state index contributed by atoms with van der Waals surface area (Å²) in [4.78, 5) is 0. The monoisotopic (exact) mass is 274 g/mol. The molecule has 0 bridgehead atoms. The number of nitrogens with one attached hydrogen (secondary N) is 1. The second-order valence-electron chi connectivity index (χ2n) is 4.90. The molecule has 106 valence electrons. The molecular formula is C15H18N2O3. The van der Waals surface area contributed by atoms with E-state index in [9.17, 15) is 5.11 Å². The van der Waals surface area contributed by atoms with Crippen molar-refractivity contribution in [2.45, 2.75) is 26.0 Å². The van der Waals surface area contributed by atoms with Crippen LogP contribution >= 0.6 is 0 Å². The fourth-order valence-electron chi connectivity index (χ4n) is 1.85. The lowest BCUT2D eigenvalue weighted by Gasteiger charge is -2.14. The van der Waals surface area contributed by atoms with Gasteiger partial charge in [0.15, 0.2) is 5.75 Å². The van der Waals surface area contributed by atoms with Gasteiger partial charge in [0.1, 0.15) is 24.4 Å². The SMILES string of the molecule is CC(C)NCC(O)COc1c(C#N)oc2ccccc12. The lowest BCUT2D eigenvalue weighted by Crippen LogP contribution is -2.35. The third kappa shape index (κ3) is 3.29. The van der Waals surface area contributed by atoms with Crippen LogP contribution in [0.2, 0.25) is 0 Å². The minimum atomic E-state index is -0.641. The highest BCUT2D eigenvalue weighted by atomic mass is 16.5. The minimum Gasteiger partial charge on any atom is -0.485 e. The predicted molar refractivity (Wildman–Crippen MR) is 75.6 cm³/mol. The van der Waals surface area contributed by atoms with E-state index in [-0.39, 0.29) is 12.4 Å². The van der Waals surface area contributed by atoms with Crippen LogP contribution in [0.3, 0.4) is 0 Å². The number of hydrogen-bond donors (Lipinski definition) is 2. The van der Waals surface area contributed by atoms with Gasteiger partial charge in [-0.2, -0.15) is 5.26 Å². The lowest BCUT2D eigenvalue weighted by molar-refractivity contribution is 0.105. The highest BCUT2D eigenvalue weighted by Crippen LogP contribution is 2.32. The lowest BCUT2D eigenvalue weighted by atomic mass is 10.2. The molecule has 0 radical (unpaired) electrons. The molecule has 0 aliphatic carbocycles. The van der Waals surface area contributed by atoms with Gasteiger partial charge in [-0.25, -0.2) is 0 Å². The Hall–Kier alpha value is -2.03. The number of fused-ring (bicyclic) bond motifs is 1. The number of hydrogen-bond acceptors (Lipinski definition) is 5. The molecule has 20 heavy (non-hydrogen) atoms. The molecule has 5 nitrogen and oxygen atoms in total. The normalized spacial score (nSPS) is 12.6. The summed E-state index contributed by atoms with van der Waals surface area (Å²) >= 11 is 0. The molecule has 5 heteroatoms. The Kier molecular flexibility index (Phi) is 4.61. The van der Waals surface area contributed by atoms with Gasteiger partial charge in [-0.1, -0.05) is 26.0 Å². The summed E-state index contributed by atoms with van der Waals surface area (Å²) in [5.74, 6) is 0.530. The van der Waals surface area contributed by atoms with Crippen molar-refractivity contribution in [1.82, 2.24) is 5.32 Å². The van der Waals surface area contributed by atoms with Crippen LogP contribution in [0.5, 0.6) is 5.75 Å². The molecule has 0 saturated heterocycles. The average Bonchev–Trinajstić information content (AvgIpc) is 2.80. The molecule has 0 spiro atoms. The molecule has 1 heterocycles. The Morgan fingerprint density at radius 1 is 1.40 bits per heavy atom. The Morgan fingerprint density at radius 3 is 2.85 bits per heavy atom. The number of para-hydroxylation sites is 1. The summed E-state index contributed by atoms with van der Waals surface area (Å²) in [6.07, 6.45) is -0.641. The van der Waals surface area contributed by atoms with Gasteiger partial charge in [-0.3, -0.25) is 0 Å². The molecule has 0 amide bonds. The van der Waals surface area contributed by atoms with Crippen molar-refractivity contribution in [1.29, 1.82) is 5.26 Å². The van der Waals surface area contributed by atoms with E-state index in [2.05, 4.69) is 5.32 Å². The summed E-state index contributed by atoms with van der Waals surface area (Å²) in [6, 6.07) is 9.56. The third-order valence-corrected chi connectivity index (χ3v) is 2.83. The topological polar surface area (TPSA) is 78.4 Å². The van der Waals surface area contributed by atoms with Crippen molar-refractivity contribution in [3.8, 4) is 11.8 Å². The molecule has 0 fully saturated rings. The van der Waals surface area contributed by atoms with E-state index in [0.717, 1.165) is 5.39 Å². The smallest absolute Gasteiger partial charge is 0.246 e. The minimum absolute atomic E-state index is 0.109. The zero-order chi connectivity index (χ0) is 14.5. The van der Waals surface area contributed by atoms with Crippen molar-refractivity contribution in [2.24, 2.45) is 0 Å². The van der Waals surface area contributed by atoms with Gasteiger partial charge in [0.2, 0.25) is 5.76 Å². The van der Waals surface area contributed by atoms with E-state index in [4.69, 9.17) is 14.4 Å². The van der Waals surface area contributed by atoms with Gasteiger partial charge >= 0.3 is 0 Å².